The molecular weight excluding hydrogens is 400 g/mol. The second-order valence-electron chi connectivity index (χ2n) is 5.81. The SMILES string of the molecule is O=C(O)c1cc(OC/C=C/COc2cc(C(=O)O)cc(C(=O)O)c2)cc(C(=O)O)c1. The first kappa shape index (κ1) is 22.0. The second-order valence-corrected chi connectivity index (χ2v) is 5.81. The lowest BCUT2D eigenvalue weighted by Crippen LogP contribution is -2.05. The molecule has 30 heavy (non-hydrogen) atoms. The number of carbonyl (C=O) groups is 4. The van der Waals surface area contributed by atoms with Gasteiger partial charge in [-0.2, -0.15) is 0 Å². The molecular formula is C20H16O10. The Balaban J connectivity index is 1.97. The van der Waals surface area contributed by atoms with Gasteiger partial charge in [0.15, 0.2) is 0 Å². The van der Waals surface area contributed by atoms with Gasteiger partial charge in [-0.15, -0.1) is 0 Å². The molecule has 0 amide bonds. The third-order valence-electron chi connectivity index (χ3n) is 3.66. The van der Waals surface area contributed by atoms with Gasteiger partial charge < -0.3 is 29.9 Å². The lowest BCUT2D eigenvalue weighted by molar-refractivity contribution is 0.0675. The Kier molecular flexibility index (Phi) is 7.12. The molecule has 2 rings (SSSR count). The number of ether oxygens (including phenoxy) is 2. The van der Waals surface area contributed by atoms with Crippen LogP contribution in [0.15, 0.2) is 48.6 Å². The van der Waals surface area contributed by atoms with Gasteiger partial charge in [0.25, 0.3) is 0 Å². The molecule has 0 aliphatic carbocycles. The van der Waals surface area contributed by atoms with Crippen LogP contribution in [0, 0.1) is 0 Å². The fourth-order valence-corrected chi connectivity index (χ4v) is 2.28. The summed E-state index contributed by atoms with van der Waals surface area (Å²) >= 11 is 0. The van der Waals surface area contributed by atoms with Crippen LogP contribution in [0.1, 0.15) is 41.4 Å². The Hall–Kier alpha value is -4.34. The third kappa shape index (κ3) is 6.09. The van der Waals surface area contributed by atoms with Crippen molar-refractivity contribution in [3.63, 3.8) is 0 Å². The van der Waals surface area contributed by atoms with Crippen LogP contribution in [-0.2, 0) is 0 Å². The number of benzene rings is 2. The minimum Gasteiger partial charge on any atom is -0.489 e. The molecule has 10 heteroatoms. The van der Waals surface area contributed by atoms with E-state index in [0.29, 0.717) is 0 Å². The Morgan fingerprint density at radius 1 is 0.567 bits per heavy atom. The van der Waals surface area contributed by atoms with Gasteiger partial charge in [-0.25, -0.2) is 19.2 Å². The van der Waals surface area contributed by atoms with Crippen LogP contribution in [0.25, 0.3) is 0 Å². The summed E-state index contributed by atoms with van der Waals surface area (Å²) in [4.78, 5) is 44.2. The van der Waals surface area contributed by atoms with Crippen LogP contribution in [0.4, 0.5) is 0 Å². The predicted molar refractivity (Wildman–Crippen MR) is 101 cm³/mol. The van der Waals surface area contributed by atoms with Crippen molar-refractivity contribution in [2.75, 3.05) is 13.2 Å². The topological polar surface area (TPSA) is 168 Å². The maximum atomic E-state index is 11.1. The van der Waals surface area contributed by atoms with Crippen LogP contribution >= 0.6 is 0 Å². The van der Waals surface area contributed by atoms with E-state index in [4.69, 9.17) is 29.9 Å². The largest absolute Gasteiger partial charge is 0.489 e. The maximum absolute atomic E-state index is 11.1. The molecule has 0 aliphatic rings. The summed E-state index contributed by atoms with van der Waals surface area (Å²) < 4.78 is 10.6. The minimum atomic E-state index is -1.30. The first-order chi connectivity index (χ1) is 14.2. The molecule has 2 aromatic carbocycles. The van der Waals surface area contributed by atoms with E-state index < -0.39 is 23.9 Å². The Labute approximate surface area is 169 Å². The molecule has 0 bridgehead atoms. The summed E-state index contributed by atoms with van der Waals surface area (Å²) in [6, 6.07) is 6.76. The van der Waals surface area contributed by atoms with Gasteiger partial charge >= 0.3 is 23.9 Å². The Morgan fingerprint density at radius 2 is 0.833 bits per heavy atom. The van der Waals surface area contributed by atoms with Crippen molar-refractivity contribution < 1.29 is 49.1 Å². The summed E-state index contributed by atoms with van der Waals surface area (Å²) in [5, 5.41) is 36.1. The molecule has 0 heterocycles. The highest BCUT2D eigenvalue weighted by Gasteiger charge is 2.13. The van der Waals surface area contributed by atoms with E-state index in [0.717, 1.165) is 12.1 Å². The lowest BCUT2D eigenvalue weighted by Gasteiger charge is -2.07. The van der Waals surface area contributed by atoms with Gasteiger partial charge in [0, 0.05) is 0 Å². The Morgan fingerprint density at radius 3 is 1.07 bits per heavy atom. The standard InChI is InChI=1S/C20H16O10/c21-17(22)11-5-12(18(23)24)8-15(7-11)29-3-1-2-4-30-16-9-13(19(25)26)6-14(10-16)20(27)28/h1-2,5-10H,3-4H2,(H,21,22)(H,23,24)(H,25,26)(H,27,28)/b2-1+. The summed E-state index contributed by atoms with van der Waals surface area (Å²) in [7, 11) is 0. The molecule has 0 aliphatic heterocycles. The normalized spacial score (nSPS) is 10.5. The average Bonchev–Trinajstić information content (AvgIpc) is 2.69. The van der Waals surface area contributed by atoms with Crippen LogP contribution in [0.3, 0.4) is 0 Å². The zero-order valence-corrected chi connectivity index (χ0v) is 15.3. The van der Waals surface area contributed by atoms with E-state index >= 15 is 0 Å². The zero-order chi connectivity index (χ0) is 22.3. The molecule has 156 valence electrons. The average molecular weight is 416 g/mol. The van der Waals surface area contributed by atoms with Crippen LogP contribution < -0.4 is 9.47 Å². The molecule has 0 saturated carbocycles. The molecule has 10 nitrogen and oxygen atoms in total. The third-order valence-corrected chi connectivity index (χ3v) is 3.66. The van der Waals surface area contributed by atoms with Gasteiger partial charge in [0.05, 0.1) is 22.3 Å². The minimum absolute atomic E-state index is 0.0268. The van der Waals surface area contributed by atoms with E-state index in [2.05, 4.69) is 0 Å². The fraction of sp³-hybridized carbons (Fsp3) is 0.100. The summed E-state index contributed by atoms with van der Waals surface area (Å²) in [5.74, 6) is -5.07. The van der Waals surface area contributed by atoms with Gasteiger partial charge in [0.2, 0.25) is 0 Å². The van der Waals surface area contributed by atoms with Gasteiger partial charge in [0.1, 0.15) is 24.7 Å². The number of aromatic carboxylic acids is 4. The van der Waals surface area contributed by atoms with Gasteiger partial charge in [-0.3, -0.25) is 0 Å². The smallest absolute Gasteiger partial charge is 0.335 e. The van der Waals surface area contributed by atoms with Crippen molar-refractivity contribution >= 4 is 23.9 Å². The molecule has 2 aromatic rings. The first-order valence-electron chi connectivity index (χ1n) is 8.31. The highest BCUT2D eigenvalue weighted by atomic mass is 16.5. The molecule has 4 N–H and O–H groups in total. The van der Waals surface area contributed by atoms with Crippen molar-refractivity contribution in [1.82, 2.24) is 0 Å². The predicted octanol–water partition coefficient (Wildman–Crippen LogP) is 2.49. The summed E-state index contributed by atoms with van der Waals surface area (Å²) in [5.41, 5.74) is -0.927. The Bertz CT molecular complexity index is 876. The maximum Gasteiger partial charge on any atom is 0.335 e. The molecule has 0 aromatic heterocycles. The van der Waals surface area contributed by atoms with Gasteiger partial charge in [-0.1, -0.05) is 0 Å². The highest BCUT2D eigenvalue weighted by Crippen LogP contribution is 2.19. The number of hydrogen-bond acceptors (Lipinski definition) is 6. The second kappa shape index (κ2) is 9.73. The van der Waals surface area contributed by atoms with Crippen molar-refractivity contribution in [3.8, 4) is 11.5 Å². The molecule has 0 radical (unpaired) electrons. The quantitative estimate of drug-likeness (QED) is 0.422. The van der Waals surface area contributed by atoms with E-state index in [1.165, 1.54) is 36.4 Å². The summed E-state index contributed by atoms with van der Waals surface area (Å²) in [6.07, 6.45) is 3.01. The monoisotopic (exact) mass is 416 g/mol. The zero-order valence-electron chi connectivity index (χ0n) is 15.3. The van der Waals surface area contributed by atoms with Crippen molar-refractivity contribution in [1.29, 1.82) is 0 Å². The van der Waals surface area contributed by atoms with E-state index in [1.807, 2.05) is 0 Å². The van der Waals surface area contributed by atoms with Crippen molar-refractivity contribution in [3.05, 3.63) is 70.8 Å². The number of rotatable bonds is 10. The van der Waals surface area contributed by atoms with E-state index in [1.54, 1.807) is 0 Å². The van der Waals surface area contributed by atoms with Crippen LogP contribution in [0.2, 0.25) is 0 Å². The molecule has 0 unspecified atom stereocenters. The van der Waals surface area contributed by atoms with Crippen molar-refractivity contribution in [2.24, 2.45) is 0 Å². The highest BCUT2D eigenvalue weighted by molar-refractivity contribution is 5.95. The molecule has 0 fully saturated rings. The van der Waals surface area contributed by atoms with Crippen molar-refractivity contribution in [2.45, 2.75) is 0 Å². The lowest BCUT2D eigenvalue weighted by atomic mass is 10.1. The molecule has 0 saturated heterocycles. The van der Waals surface area contributed by atoms with E-state index in [9.17, 15) is 19.2 Å². The fourth-order valence-electron chi connectivity index (χ4n) is 2.28. The van der Waals surface area contributed by atoms with E-state index in [-0.39, 0.29) is 47.0 Å². The molecule has 0 atom stereocenters. The van der Waals surface area contributed by atoms with Crippen LogP contribution in [-0.4, -0.2) is 57.5 Å². The van der Waals surface area contributed by atoms with Crippen LogP contribution in [0.5, 0.6) is 11.5 Å². The number of carboxylic acid groups (broad SMARTS) is 4. The van der Waals surface area contributed by atoms with Gasteiger partial charge in [-0.05, 0) is 48.6 Å². The first-order valence-corrected chi connectivity index (χ1v) is 8.31. The molecule has 0 spiro atoms. The number of hydrogen-bond donors (Lipinski definition) is 4. The summed E-state index contributed by atoms with van der Waals surface area (Å²) in [6.45, 7) is -0.0535. The number of carboxylic acids is 4.